The number of nitrogens with two attached hydrogens (primary N) is 1. The van der Waals surface area contributed by atoms with Crippen LogP contribution in [0.25, 0.3) is 0 Å². The summed E-state index contributed by atoms with van der Waals surface area (Å²) in [6.45, 7) is 5.93. The number of amides is 1. The molecule has 1 atom stereocenters. The molecule has 0 heterocycles. The summed E-state index contributed by atoms with van der Waals surface area (Å²) in [5.41, 5.74) is 8.92. The molecule has 0 aliphatic rings. The molecule has 4 N–H and O–H groups in total. The van der Waals surface area contributed by atoms with Gasteiger partial charge < -0.3 is 16.4 Å². The van der Waals surface area contributed by atoms with Crippen molar-refractivity contribution < 1.29 is 4.79 Å². The van der Waals surface area contributed by atoms with E-state index in [0.29, 0.717) is 11.3 Å². The number of carbonyl (C=O) groups is 1. The standard InChI is InChI=1S/C18H23N3O/c1-12(2)20-18(22)16-11-15(19)9-10-17(16)21-13(3)14-7-5-4-6-8-14/h4-13,21H,19H2,1-3H3,(H,20,22). The highest BCUT2D eigenvalue weighted by atomic mass is 16.1. The van der Waals surface area contributed by atoms with Crippen LogP contribution in [0, 0.1) is 0 Å². The monoisotopic (exact) mass is 297 g/mol. The zero-order valence-electron chi connectivity index (χ0n) is 13.3. The lowest BCUT2D eigenvalue weighted by atomic mass is 10.1. The van der Waals surface area contributed by atoms with E-state index in [9.17, 15) is 4.79 Å². The largest absolute Gasteiger partial charge is 0.399 e. The van der Waals surface area contributed by atoms with Crippen molar-refractivity contribution in [1.82, 2.24) is 5.32 Å². The fourth-order valence-corrected chi connectivity index (χ4v) is 2.27. The van der Waals surface area contributed by atoms with Gasteiger partial charge in [-0.2, -0.15) is 0 Å². The third-order valence-corrected chi connectivity index (χ3v) is 3.38. The quantitative estimate of drug-likeness (QED) is 0.739. The minimum atomic E-state index is -0.120. The maximum absolute atomic E-state index is 12.3. The third kappa shape index (κ3) is 4.01. The predicted octanol–water partition coefficient (Wildman–Crippen LogP) is 3.58. The van der Waals surface area contributed by atoms with Crippen molar-refractivity contribution in [3.8, 4) is 0 Å². The molecule has 0 bridgehead atoms. The lowest BCUT2D eigenvalue weighted by molar-refractivity contribution is 0.0944. The Morgan fingerprint density at radius 2 is 1.73 bits per heavy atom. The number of benzene rings is 2. The van der Waals surface area contributed by atoms with Gasteiger partial charge in [-0.1, -0.05) is 30.3 Å². The second kappa shape index (κ2) is 6.98. The first-order valence-electron chi connectivity index (χ1n) is 7.49. The molecule has 0 fully saturated rings. The smallest absolute Gasteiger partial charge is 0.253 e. The minimum Gasteiger partial charge on any atom is -0.399 e. The minimum absolute atomic E-state index is 0.0772. The third-order valence-electron chi connectivity index (χ3n) is 3.38. The van der Waals surface area contributed by atoms with Crippen molar-refractivity contribution in [1.29, 1.82) is 0 Å². The number of nitrogen functional groups attached to an aromatic ring is 1. The Morgan fingerprint density at radius 1 is 1.05 bits per heavy atom. The van der Waals surface area contributed by atoms with Crippen molar-refractivity contribution in [3.63, 3.8) is 0 Å². The first-order chi connectivity index (χ1) is 10.5. The molecule has 0 saturated carbocycles. The van der Waals surface area contributed by atoms with Crippen LogP contribution in [0.5, 0.6) is 0 Å². The Labute approximate surface area is 131 Å². The fourth-order valence-electron chi connectivity index (χ4n) is 2.27. The maximum atomic E-state index is 12.3. The average molecular weight is 297 g/mol. The van der Waals surface area contributed by atoms with Gasteiger partial charge in [0.05, 0.1) is 5.56 Å². The summed E-state index contributed by atoms with van der Waals surface area (Å²) in [6, 6.07) is 15.6. The van der Waals surface area contributed by atoms with Crippen LogP contribution >= 0.6 is 0 Å². The number of hydrogen-bond acceptors (Lipinski definition) is 3. The lowest BCUT2D eigenvalue weighted by Crippen LogP contribution is -2.30. The number of anilines is 2. The fraction of sp³-hybridized carbons (Fsp3) is 0.278. The Bertz CT molecular complexity index is 638. The van der Waals surface area contributed by atoms with Gasteiger partial charge in [0, 0.05) is 23.5 Å². The Kier molecular flexibility index (Phi) is 5.04. The Morgan fingerprint density at radius 3 is 2.36 bits per heavy atom. The molecular formula is C18H23N3O. The first-order valence-corrected chi connectivity index (χ1v) is 7.49. The molecule has 22 heavy (non-hydrogen) atoms. The lowest BCUT2D eigenvalue weighted by Gasteiger charge is -2.19. The van der Waals surface area contributed by atoms with E-state index in [1.165, 1.54) is 0 Å². The normalized spacial score (nSPS) is 12.0. The number of nitrogens with one attached hydrogen (secondary N) is 2. The van der Waals surface area contributed by atoms with Crippen LogP contribution in [-0.2, 0) is 0 Å². The molecule has 0 spiro atoms. The SMILES string of the molecule is CC(C)NC(=O)c1cc(N)ccc1NC(C)c1ccccc1. The van der Waals surface area contributed by atoms with Crippen molar-refractivity contribution in [2.24, 2.45) is 0 Å². The van der Waals surface area contributed by atoms with Gasteiger partial charge in [-0.05, 0) is 44.5 Å². The van der Waals surface area contributed by atoms with E-state index in [2.05, 4.69) is 29.7 Å². The van der Waals surface area contributed by atoms with Crippen molar-refractivity contribution in [3.05, 3.63) is 59.7 Å². The van der Waals surface area contributed by atoms with Crippen LogP contribution in [0.3, 0.4) is 0 Å². The summed E-state index contributed by atoms with van der Waals surface area (Å²) in [6.07, 6.45) is 0. The molecule has 2 aromatic carbocycles. The molecule has 2 rings (SSSR count). The zero-order chi connectivity index (χ0) is 16.1. The molecule has 0 aliphatic carbocycles. The van der Waals surface area contributed by atoms with E-state index in [1.807, 2.05) is 38.1 Å². The maximum Gasteiger partial charge on any atom is 0.253 e. The second-order valence-electron chi connectivity index (χ2n) is 5.71. The van der Waals surface area contributed by atoms with Crippen LogP contribution in [0.2, 0.25) is 0 Å². The molecule has 1 unspecified atom stereocenters. The topological polar surface area (TPSA) is 67.2 Å². The molecule has 0 aromatic heterocycles. The van der Waals surface area contributed by atoms with Crippen LogP contribution < -0.4 is 16.4 Å². The summed E-state index contributed by atoms with van der Waals surface area (Å²) in [7, 11) is 0. The van der Waals surface area contributed by atoms with Gasteiger partial charge in [-0.25, -0.2) is 0 Å². The molecule has 0 saturated heterocycles. The number of carbonyl (C=O) groups excluding carboxylic acids is 1. The van der Waals surface area contributed by atoms with Crippen molar-refractivity contribution >= 4 is 17.3 Å². The van der Waals surface area contributed by atoms with Crippen molar-refractivity contribution in [2.75, 3.05) is 11.1 Å². The molecule has 4 nitrogen and oxygen atoms in total. The van der Waals surface area contributed by atoms with Crippen LogP contribution in [-0.4, -0.2) is 11.9 Å². The number of hydrogen-bond donors (Lipinski definition) is 3. The molecule has 1 amide bonds. The van der Waals surface area contributed by atoms with E-state index in [4.69, 9.17) is 5.73 Å². The average Bonchev–Trinajstić information content (AvgIpc) is 2.49. The van der Waals surface area contributed by atoms with Gasteiger partial charge in [0.25, 0.3) is 5.91 Å². The zero-order valence-corrected chi connectivity index (χ0v) is 13.3. The highest BCUT2D eigenvalue weighted by Gasteiger charge is 2.15. The highest BCUT2D eigenvalue weighted by Crippen LogP contribution is 2.24. The van der Waals surface area contributed by atoms with Crippen molar-refractivity contribution in [2.45, 2.75) is 32.9 Å². The van der Waals surface area contributed by atoms with E-state index < -0.39 is 0 Å². The van der Waals surface area contributed by atoms with E-state index in [1.54, 1.807) is 12.1 Å². The van der Waals surface area contributed by atoms with Gasteiger partial charge >= 0.3 is 0 Å². The summed E-state index contributed by atoms with van der Waals surface area (Å²) >= 11 is 0. The van der Waals surface area contributed by atoms with Gasteiger partial charge in [0.1, 0.15) is 0 Å². The number of rotatable bonds is 5. The summed E-state index contributed by atoms with van der Waals surface area (Å²) in [4.78, 5) is 12.3. The first kappa shape index (κ1) is 15.9. The molecule has 4 heteroatoms. The van der Waals surface area contributed by atoms with Crippen LogP contribution in [0.15, 0.2) is 48.5 Å². The molecule has 2 aromatic rings. The highest BCUT2D eigenvalue weighted by molar-refractivity contribution is 6.00. The van der Waals surface area contributed by atoms with E-state index in [-0.39, 0.29) is 18.0 Å². The summed E-state index contributed by atoms with van der Waals surface area (Å²) in [5, 5.41) is 6.30. The van der Waals surface area contributed by atoms with E-state index >= 15 is 0 Å². The summed E-state index contributed by atoms with van der Waals surface area (Å²) < 4.78 is 0. The second-order valence-corrected chi connectivity index (χ2v) is 5.71. The van der Waals surface area contributed by atoms with Gasteiger partial charge in [0.2, 0.25) is 0 Å². The Hall–Kier alpha value is -2.49. The molecule has 116 valence electrons. The molecule has 0 radical (unpaired) electrons. The van der Waals surface area contributed by atoms with Gasteiger partial charge in [-0.3, -0.25) is 4.79 Å². The van der Waals surface area contributed by atoms with E-state index in [0.717, 1.165) is 11.3 Å². The molecular weight excluding hydrogens is 274 g/mol. The Balaban J connectivity index is 2.25. The molecule has 0 aliphatic heterocycles. The van der Waals surface area contributed by atoms with Crippen LogP contribution in [0.1, 0.15) is 42.7 Å². The van der Waals surface area contributed by atoms with Gasteiger partial charge in [0.15, 0.2) is 0 Å². The predicted molar refractivity (Wildman–Crippen MR) is 91.9 cm³/mol. The summed E-state index contributed by atoms with van der Waals surface area (Å²) in [5.74, 6) is -0.120. The van der Waals surface area contributed by atoms with Gasteiger partial charge in [-0.15, -0.1) is 0 Å². The van der Waals surface area contributed by atoms with Crippen LogP contribution in [0.4, 0.5) is 11.4 Å².